The molecule has 2 amide bonds. The van der Waals surface area contributed by atoms with Crippen LogP contribution < -0.4 is 10.1 Å². The summed E-state index contributed by atoms with van der Waals surface area (Å²) < 4.78 is 34.4. The van der Waals surface area contributed by atoms with Crippen LogP contribution in [0, 0.1) is 11.6 Å². The van der Waals surface area contributed by atoms with Crippen LogP contribution in [-0.4, -0.2) is 51.8 Å². The van der Waals surface area contributed by atoms with E-state index in [9.17, 15) is 23.5 Å². The van der Waals surface area contributed by atoms with Gasteiger partial charge in [0, 0.05) is 30.4 Å². The number of piperidine rings is 1. The molecule has 5 rings (SSSR count). The molecule has 8 nitrogen and oxygen atoms in total. The number of rotatable bonds is 6. The molecule has 0 bridgehead atoms. The largest absolute Gasteiger partial charge is 0.505 e. The van der Waals surface area contributed by atoms with Gasteiger partial charge in [0.25, 0.3) is 11.8 Å². The van der Waals surface area contributed by atoms with Crippen molar-refractivity contribution in [3.8, 4) is 17.3 Å². The summed E-state index contributed by atoms with van der Waals surface area (Å²) >= 11 is 0. The predicted molar refractivity (Wildman–Crippen MR) is 140 cm³/mol. The summed E-state index contributed by atoms with van der Waals surface area (Å²) in [6, 6.07) is 18.6. The van der Waals surface area contributed by atoms with Crippen LogP contribution in [0.15, 0.2) is 72.8 Å². The maximum atomic E-state index is 14.2. The molecule has 1 aliphatic rings. The highest BCUT2D eigenvalue weighted by molar-refractivity contribution is 6.03. The second-order valence-electron chi connectivity index (χ2n) is 9.24. The van der Waals surface area contributed by atoms with E-state index in [2.05, 4.69) is 10.4 Å². The number of halogens is 2. The average Bonchev–Trinajstić information content (AvgIpc) is 3.39. The van der Waals surface area contributed by atoms with Gasteiger partial charge in [0.2, 0.25) is 5.88 Å². The molecule has 3 aromatic carbocycles. The Labute approximate surface area is 223 Å². The van der Waals surface area contributed by atoms with Gasteiger partial charge in [0.15, 0.2) is 17.3 Å². The molecule has 4 aromatic rings. The lowest BCUT2D eigenvalue weighted by Crippen LogP contribution is -2.37. The van der Waals surface area contributed by atoms with Crippen molar-refractivity contribution in [2.24, 2.45) is 0 Å². The molecule has 0 radical (unpaired) electrons. The van der Waals surface area contributed by atoms with Crippen LogP contribution in [-0.2, 0) is 0 Å². The molecule has 0 unspecified atom stereocenters. The predicted octanol–water partition coefficient (Wildman–Crippen LogP) is 5.14. The zero-order valence-corrected chi connectivity index (χ0v) is 21.1. The molecule has 1 aromatic heterocycles. The number of likely N-dealkylation sites (tertiary alicyclic amines) is 1. The Hall–Kier alpha value is -4.73. The second kappa shape index (κ2) is 10.9. The molecule has 200 valence electrons. The maximum absolute atomic E-state index is 14.2. The highest BCUT2D eigenvalue weighted by Crippen LogP contribution is 2.30. The Balaban J connectivity index is 1.20. The number of benzene rings is 3. The van der Waals surface area contributed by atoms with Crippen LogP contribution in [0.25, 0.3) is 5.69 Å². The number of aromatic nitrogens is 2. The summed E-state index contributed by atoms with van der Waals surface area (Å²) in [5.74, 6) is -2.07. The van der Waals surface area contributed by atoms with Gasteiger partial charge in [0.05, 0.1) is 7.11 Å². The Morgan fingerprint density at radius 3 is 2.36 bits per heavy atom. The zero-order valence-electron chi connectivity index (χ0n) is 21.1. The molecule has 0 atom stereocenters. The Morgan fingerprint density at radius 1 is 0.974 bits per heavy atom. The lowest BCUT2D eigenvalue weighted by Gasteiger charge is -2.32. The van der Waals surface area contributed by atoms with E-state index in [0.29, 0.717) is 18.8 Å². The second-order valence-corrected chi connectivity index (χ2v) is 9.24. The van der Waals surface area contributed by atoms with E-state index in [1.807, 2.05) is 12.1 Å². The number of hydrogen-bond donors (Lipinski definition) is 2. The molecule has 1 aliphatic heterocycles. The van der Waals surface area contributed by atoms with Crippen LogP contribution in [0.4, 0.5) is 14.5 Å². The number of carbonyl (C=O) groups excluding carboxylic acids is 2. The summed E-state index contributed by atoms with van der Waals surface area (Å²) in [7, 11) is 1.42. The van der Waals surface area contributed by atoms with Crippen molar-refractivity contribution in [1.82, 2.24) is 14.7 Å². The van der Waals surface area contributed by atoms with E-state index < -0.39 is 23.3 Å². The lowest BCUT2D eigenvalue weighted by atomic mass is 9.89. The highest BCUT2D eigenvalue weighted by atomic mass is 19.1. The number of phenols is 1. The SMILES string of the molecule is COc1cc(C(=O)Nc2ccc(C3CCN(C(=O)c4ccc(O)c(F)c4)CC3)cc2)nn1-c1ccccc1F. The third kappa shape index (κ3) is 5.45. The normalized spacial score (nSPS) is 13.8. The minimum Gasteiger partial charge on any atom is -0.505 e. The van der Waals surface area contributed by atoms with Crippen LogP contribution in [0.3, 0.4) is 0 Å². The molecule has 0 saturated carbocycles. The van der Waals surface area contributed by atoms with Crippen LogP contribution in [0.5, 0.6) is 11.6 Å². The summed E-state index contributed by atoms with van der Waals surface area (Å²) in [6.45, 7) is 1.05. The Bertz CT molecular complexity index is 1510. The smallest absolute Gasteiger partial charge is 0.276 e. The van der Waals surface area contributed by atoms with Gasteiger partial charge in [-0.25, -0.2) is 8.78 Å². The third-order valence-corrected chi connectivity index (χ3v) is 6.82. The van der Waals surface area contributed by atoms with Crippen molar-refractivity contribution in [3.63, 3.8) is 0 Å². The lowest BCUT2D eigenvalue weighted by molar-refractivity contribution is 0.0712. The molecule has 0 aliphatic carbocycles. The molecule has 39 heavy (non-hydrogen) atoms. The van der Waals surface area contributed by atoms with E-state index in [1.54, 1.807) is 35.2 Å². The summed E-state index contributed by atoms with van der Waals surface area (Å²) in [5.41, 5.74) is 2.11. The van der Waals surface area contributed by atoms with Gasteiger partial charge < -0.3 is 20.1 Å². The van der Waals surface area contributed by atoms with Crippen molar-refractivity contribution < 1.29 is 28.2 Å². The van der Waals surface area contributed by atoms with Gasteiger partial charge in [0.1, 0.15) is 11.5 Å². The topological polar surface area (TPSA) is 96.7 Å². The summed E-state index contributed by atoms with van der Waals surface area (Å²) in [6.07, 6.45) is 1.48. The third-order valence-electron chi connectivity index (χ3n) is 6.82. The van der Waals surface area contributed by atoms with Gasteiger partial charge in [-0.3, -0.25) is 9.59 Å². The van der Waals surface area contributed by atoms with E-state index in [1.165, 1.54) is 36.1 Å². The molecule has 10 heteroatoms. The Morgan fingerprint density at radius 2 is 1.69 bits per heavy atom. The van der Waals surface area contributed by atoms with E-state index >= 15 is 0 Å². The van der Waals surface area contributed by atoms with Gasteiger partial charge >= 0.3 is 0 Å². The number of hydrogen-bond acceptors (Lipinski definition) is 5. The van der Waals surface area contributed by atoms with Gasteiger partial charge in [-0.1, -0.05) is 24.3 Å². The minimum atomic E-state index is -0.819. The number of nitrogens with one attached hydrogen (secondary N) is 1. The molecule has 0 spiro atoms. The first-order valence-electron chi connectivity index (χ1n) is 12.4. The van der Waals surface area contributed by atoms with Crippen LogP contribution in [0.1, 0.15) is 45.2 Å². The van der Waals surface area contributed by atoms with Crippen molar-refractivity contribution in [2.45, 2.75) is 18.8 Å². The standard InChI is InChI=1S/C29H26F2N4O4/c1-39-27-17-24(33-35(27)25-5-3-2-4-22(25)30)28(37)32-21-9-6-18(7-10-21)19-12-14-34(15-13-19)29(38)20-8-11-26(36)23(31)16-20/h2-11,16-17,19,36H,12-15H2,1H3,(H,32,37). The fourth-order valence-corrected chi connectivity index (χ4v) is 4.69. The van der Waals surface area contributed by atoms with E-state index in [-0.39, 0.29) is 34.6 Å². The quantitative estimate of drug-likeness (QED) is 0.359. The number of aromatic hydroxyl groups is 1. The minimum absolute atomic E-state index is 0.0738. The highest BCUT2D eigenvalue weighted by Gasteiger charge is 2.25. The number of phenolic OH excluding ortho intramolecular Hbond substituents is 1. The first kappa shape index (κ1) is 25.9. The molecular weight excluding hydrogens is 506 g/mol. The number of methoxy groups -OCH3 is 1. The molecule has 2 heterocycles. The van der Waals surface area contributed by atoms with Crippen LogP contribution >= 0.6 is 0 Å². The molecular formula is C29H26F2N4O4. The van der Waals surface area contributed by atoms with Gasteiger partial charge in [-0.15, -0.1) is 0 Å². The fourth-order valence-electron chi connectivity index (χ4n) is 4.69. The number of carbonyl (C=O) groups is 2. The maximum Gasteiger partial charge on any atom is 0.276 e. The van der Waals surface area contributed by atoms with E-state index in [4.69, 9.17) is 4.74 Å². The zero-order chi connectivity index (χ0) is 27.5. The average molecular weight is 533 g/mol. The first-order chi connectivity index (χ1) is 18.8. The summed E-state index contributed by atoms with van der Waals surface area (Å²) in [4.78, 5) is 27.2. The molecule has 1 fully saturated rings. The van der Waals surface area contributed by atoms with E-state index in [0.717, 1.165) is 24.5 Å². The molecule has 1 saturated heterocycles. The van der Waals surface area contributed by atoms with Crippen molar-refractivity contribution >= 4 is 17.5 Å². The van der Waals surface area contributed by atoms with Crippen molar-refractivity contribution in [3.05, 3.63) is 101 Å². The number of nitrogens with zero attached hydrogens (tertiary/aromatic N) is 3. The van der Waals surface area contributed by atoms with Crippen LogP contribution in [0.2, 0.25) is 0 Å². The van der Waals surface area contributed by atoms with Gasteiger partial charge in [-0.05, 0) is 66.8 Å². The number of para-hydroxylation sites is 1. The monoisotopic (exact) mass is 532 g/mol. The number of anilines is 1. The van der Waals surface area contributed by atoms with Crippen molar-refractivity contribution in [1.29, 1.82) is 0 Å². The Kier molecular flexibility index (Phi) is 7.27. The molecule has 2 N–H and O–H groups in total. The fraction of sp³-hybridized carbons (Fsp3) is 0.207. The summed E-state index contributed by atoms with van der Waals surface area (Å²) in [5, 5.41) is 16.4. The van der Waals surface area contributed by atoms with Crippen molar-refractivity contribution in [2.75, 3.05) is 25.5 Å². The number of amides is 2. The first-order valence-corrected chi connectivity index (χ1v) is 12.4. The van der Waals surface area contributed by atoms with Gasteiger partial charge in [-0.2, -0.15) is 9.78 Å². The number of ether oxygens (including phenoxy) is 1.